The van der Waals surface area contributed by atoms with Crippen LogP contribution in [0.1, 0.15) is 20.8 Å². The highest BCUT2D eigenvalue weighted by Gasteiger charge is 2.32. The molecule has 1 heterocycles. The Hall–Kier alpha value is -0.130. The molecular weight excluding hydrogens is 200 g/mol. The summed E-state index contributed by atoms with van der Waals surface area (Å²) < 4.78 is 24.3. The lowest BCUT2D eigenvalue weighted by molar-refractivity contribution is 0.0833. The molecule has 14 heavy (non-hydrogen) atoms. The summed E-state index contributed by atoms with van der Waals surface area (Å²) in [6.45, 7) is 8.51. The number of sulfonamides is 1. The summed E-state index contributed by atoms with van der Waals surface area (Å²) in [5.74, 6) is 0. The molecule has 0 aromatic rings. The molecule has 4 nitrogen and oxygen atoms in total. The Morgan fingerprint density at radius 1 is 1.21 bits per heavy atom. The van der Waals surface area contributed by atoms with Crippen LogP contribution in [0.4, 0.5) is 0 Å². The molecule has 0 unspecified atom stereocenters. The van der Waals surface area contributed by atoms with Gasteiger partial charge in [0.05, 0.1) is 6.26 Å². The summed E-state index contributed by atoms with van der Waals surface area (Å²) in [6.07, 6.45) is 1.29. The van der Waals surface area contributed by atoms with Gasteiger partial charge in [-0.15, -0.1) is 0 Å². The van der Waals surface area contributed by atoms with Gasteiger partial charge in [-0.05, 0) is 20.4 Å². The Morgan fingerprint density at radius 3 is 1.93 bits per heavy atom. The van der Waals surface area contributed by atoms with Gasteiger partial charge in [0.1, 0.15) is 0 Å². The second-order valence-corrected chi connectivity index (χ2v) is 6.09. The van der Waals surface area contributed by atoms with Gasteiger partial charge in [-0.3, -0.25) is 4.90 Å². The van der Waals surface area contributed by atoms with E-state index in [1.54, 1.807) is 4.31 Å². The van der Waals surface area contributed by atoms with Crippen LogP contribution < -0.4 is 0 Å². The first-order chi connectivity index (χ1) is 6.36. The van der Waals surface area contributed by atoms with Gasteiger partial charge in [0.2, 0.25) is 10.0 Å². The molecular formula is C9H20N2O2S. The van der Waals surface area contributed by atoms with Crippen LogP contribution in [0.5, 0.6) is 0 Å². The monoisotopic (exact) mass is 220 g/mol. The molecule has 84 valence electrons. The molecule has 0 N–H and O–H groups in total. The van der Waals surface area contributed by atoms with E-state index in [1.807, 2.05) is 0 Å². The molecule has 0 aromatic heterocycles. The van der Waals surface area contributed by atoms with Crippen molar-refractivity contribution in [2.45, 2.75) is 32.9 Å². The average Bonchev–Trinajstić information content (AvgIpc) is 2.01. The second kappa shape index (κ2) is 4.16. The van der Waals surface area contributed by atoms with Gasteiger partial charge in [0.25, 0.3) is 0 Å². The highest BCUT2D eigenvalue weighted by Crippen LogP contribution is 2.16. The van der Waals surface area contributed by atoms with Crippen LogP contribution in [-0.2, 0) is 10.0 Å². The highest BCUT2D eigenvalue weighted by atomic mass is 32.2. The van der Waals surface area contributed by atoms with E-state index >= 15 is 0 Å². The Balaban J connectivity index is 2.75. The highest BCUT2D eigenvalue weighted by molar-refractivity contribution is 7.88. The average molecular weight is 220 g/mol. The van der Waals surface area contributed by atoms with E-state index in [9.17, 15) is 8.42 Å². The van der Waals surface area contributed by atoms with Gasteiger partial charge < -0.3 is 0 Å². The smallest absolute Gasteiger partial charge is 0.211 e. The minimum absolute atomic E-state index is 0.318. The normalized spacial score (nSPS) is 32.0. The maximum Gasteiger partial charge on any atom is 0.211 e. The van der Waals surface area contributed by atoms with E-state index in [2.05, 4.69) is 25.7 Å². The van der Waals surface area contributed by atoms with Crippen LogP contribution in [0.25, 0.3) is 0 Å². The summed E-state index contributed by atoms with van der Waals surface area (Å²) in [4.78, 5) is 2.34. The minimum Gasteiger partial charge on any atom is -0.296 e. The fourth-order valence-electron chi connectivity index (χ4n) is 2.20. The topological polar surface area (TPSA) is 40.6 Å². The van der Waals surface area contributed by atoms with E-state index in [0.29, 0.717) is 25.2 Å². The van der Waals surface area contributed by atoms with Crippen LogP contribution >= 0.6 is 0 Å². The van der Waals surface area contributed by atoms with E-state index in [1.165, 1.54) is 6.26 Å². The lowest BCUT2D eigenvalue weighted by Gasteiger charge is -2.42. The molecule has 1 aliphatic rings. The zero-order valence-corrected chi connectivity index (χ0v) is 10.2. The van der Waals surface area contributed by atoms with Gasteiger partial charge in [-0.25, -0.2) is 8.42 Å². The molecule has 1 rings (SSSR count). The maximum absolute atomic E-state index is 11.4. The Bertz CT molecular complexity index is 277. The van der Waals surface area contributed by atoms with Gasteiger partial charge in [0, 0.05) is 25.2 Å². The summed E-state index contributed by atoms with van der Waals surface area (Å²) in [5, 5.41) is 0. The van der Waals surface area contributed by atoms with Crippen LogP contribution in [0.2, 0.25) is 0 Å². The van der Waals surface area contributed by atoms with E-state index in [0.717, 1.165) is 6.54 Å². The van der Waals surface area contributed by atoms with Gasteiger partial charge in [-0.1, -0.05) is 6.92 Å². The molecule has 0 radical (unpaired) electrons. The third-order valence-corrected chi connectivity index (χ3v) is 4.14. The third-order valence-electron chi connectivity index (χ3n) is 2.90. The molecule has 1 aliphatic heterocycles. The SMILES string of the molecule is CCN1[C@H](C)CN(S(C)(=O)=O)C[C@@H]1C. The minimum atomic E-state index is -3.02. The largest absolute Gasteiger partial charge is 0.296 e. The Labute approximate surface area is 86.9 Å². The standard InChI is InChI=1S/C9H20N2O2S/c1-5-11-8(2)6-10(7-9(11)3)14(4,12)13/h8-9H,5-7H2,1-4H3/t8-,9+. The van der Waals surface area contributed by atoms with Crippen molar-refractivity contribution < 1.29 is 8.42 Å². The molecule has 0 spiro atoms. The van der Waals surface area contributed by atoms with Crippen molar-refractivity contribution in [3.05, 3.63) is 0 Å². The number of hydrogen-bond acceptors (Lipinski definition) is 3. The Kier molecular flexibility index (Phi) is 3.55. The van der Waals surface area contributed by atoms with Crippen molar-refractivity contribution in [3.63, 3.8) is 0 Å². The molecule has 1 saturated heterocycles. The van der Waals surface area contributed by atoms with Gasteiger partial charge in [0.15, 0.2) is 0 Å². The molecule has 0 bridgehead atoms. The van der Waals surface area contributed by atoms with E-state index in [-0.39, 0.29) is 0 Å². The van der Waals surface area contributed by atoms with Crippen LogP contribution in [-0.4, -0.2) is 55.6 Å². The molecule has 0 saturated carbocycles. The molecule has 0 aromatic carbocycles. The van der Waals surface area contributed by atoms with Gasteiger partial charge >= 0.3 is 0 Å². The summed E-state index contributed by atoms with van der Waals surface area (Å²) >= 11 is 0. The predicted molar refractivity (Wildman–Crippen MR) is 57.7 cm³/mol. The van der Waals surface area contributed by atoms with Crippen molar-refractivity contribution in [2.24, 2.45) is 0 Å². The van der Waals surface area contributed by atoms with Crippen LogP contribution in [0, 0.1) is 0 Å². The first kappa shape index (κ1) is 11.9. The number of hydrogen-bond donors (Lipinski definition) is 0. The number of likely N-dealkylation sites (N-methyl/N-ethyl adjacent to an activating group) is 1. The number of rotatable bonds is 2. The first-order valence-electron chi connectivity index (χ1n) is 5.07. The van der Waals surface area contributed by atoms with E-state index < -0.39 is 10.0 Å². The lowest BCUT2D eigenvalue weighted by Crippen LogP contribution is -2.57. The van der Waals surface area contributed by atoms with Crippen LogP contribution in [0.3, 0.4) is 0 Å². The lowest BCUT2D eigenvalue weighted by atomic mass is 10.1. The van der Waals surface area contributed by atoms with Crippen LogP contribution in [0.15, 0.2) is 0 Å². The van der Waals surface area contributed by atoms with Crippen molar-refractivity contribution in [3.8, 4) is 0 Å². The summed E-state index contributed by atoms with van der Waals surface area (Å²) in [5.41, 5.74) is 0. The second-order valence-electron chi connectivity index (χ2n) is 4.11. The zero-order valence-electron chi connectivity index (χ0n) is 9.40. The zero-order chi connectivity index (χ0) is 10.9. The van der Waals surface area contributed by atoms with Gasteiger partial charge in [-0.2, -0.15) is 4.31 Å². The molecule has 5 heteroatoms. The maximum atomic E-state index is 11.4. The number of piperazine rings is 1. The molecule has 1 fully saturated rings. The quantitative estimate of drug-likeness (QED) is 0.674. The molecule has 0 aliphatic carbocycles. The van der Waals surface area contributed by atoms with E-state index in [4.69, 9.17) is 0 Å². The van der Waals surface area contributed by atoms with Crippen molar-refractivity contribution in [1.82, 2.24) is 9.21 Å². The first-order valence-corrected chi connectivity index (χ1v) is 6.92. The fraction of sp³-hybridized carbons (Fsp3) is 1.00. The molecule has 2 atom stereocenters. The third kappa shape index (κ3) is 2.46. The summed E-state index contributed by atoms with van der Waals surface area (Å²) in [6, 6.07) is 0.636. The fourth-order valence-corrected chi connectivity index (χ4v) is 3.18. The Morgan fingerprint density at radius 2 is 1.64 bits per heavy atom. The molecule has 0 amide bonds. The van der Waals surface area contributed by atoms with Crippen molar-refractivity contribution in [1.29, 1.82) is 0 Å². The summed E-state index contributed by atoms with van der Waals surface area (Å²) in [7, 11) is -3.02. The van der Waals surface area contributed by atoms with Crippen molar-refractivity contribution >= 4 is 10.0 Å². The van der Waals surface area contributed by atoms with Crippen molar-refractivity contribution in [2.75, 3.05) is 25.9 Å². The predicted octanol–water partition coefficient (Wildman–Crippen LogP) is 0.361. The number of nitrogens with zero attached hydrogens (tertiary/aromatic N) is 2.